The van der Waals surface area contributed by atoms with Gasteiger partial charge in [0.25, 0.3) is 0 Å². The second-order valence-electron chi connectivity index (χ2n) is 6.37. The van der Waals surface area contributed by atoms with Crippen LogP contribution in [0.3, 0.4) is 0 Å². The molecule has 138 valence electrons. The van der Waals surface area contributed by atoms with Crippen LogP contribution in [0, 0.1) is 5.92 Å². The minimum Gasteiger partial charge on any atom is -0.478 e. The van der Waals surface area contributed by atoms with E-state index >= 15 is 0 Å². The van der Waals surface area contributed by atoms with Gasteiger partial charge in [-0.1, -0.05) is 55.5 Å². The molecule has 0 radical (unpaired) electrons. The van der Waals surface area contributed by atoms with Crippen molar-refractivity contribution in [1.29, 1.82) is 0 Å². The number of amides is 1. The number of carboxylic acids is 1. The van der Waals surface area contributed by atoms with Crippen LogP contribution in [0.15, 0.2) is 54.6 Å². The maximum atomic E-state index is 12.0. The highest BCUT2D eigenvalue weighted by Gasteiger charge is 2.11. The van der Waals surface area contributed by atoms with Gasteiger partial charge in [0.2, 0.25) is 5.91 Å². The number of nitrogens with one attached hydrogen (secondary N) is 1. The third kappa shape index (κ3) is 6.69. The highest BCUT2D eigenvalue weighted by atomic mass is 16.5. The number of rotatable bonds is 10. The van der Waals surface area contributed by atoms with Crippen molar-refractivity contribution in [2.75, 3.05) is 13.2 Å². The lowest BCUT2D eigenvalue weighted by Crippen LogP contribution is -2.30. The highest BCUT2D eigenvalue weighted by molar-refractivity contribution is 5.89. The van der Waals surface area contributed by atoms with Crippen molar-refractivity contribution in [1.82, 2.24) is 5.32 Å². The van der Waals surface area contributed by atoms with Gasteiger partial charge in [-0.15, -0.1) is 0 Å². The van der Waals surface area contributed by atoms with E-state index in [4.69, 9.17) is 9.84 Å². The molecule has 0 saturated heterocycles. The maximum Gasteiger partial charge on any atom is 0.335 e. The zero-order valence-electron chi connectivity index (χ0n) is 15.0. The van der Waals surface area contributed by atoms with Gasteiger partial charge in [-0.3, -0.25) is 4.79 Å². The zero-order chi connectivity index (χ0) is 18.8. The predicted molar refractivity (Wildman–Crippen MR) is 100.0 cm³/mol. The van der Waals surface area contributed by atoms with Crippen molar-refractivity contribution in [3.05, 3.63) is 71.3 Å². The Hall–Kier alpha value is -2.66. The molecule has 5 nitrogen and oxygen atoms in total. The van der Waals surface area contributed by atoms with Gasteiger partial charge < -0.3 is 15.2 Å². The summed E-state index contributed by atoms with van der Waals surface area (Å²) < 4.78 is 5.67. The Morgan fingerprint density at radius 3 is 2.50 bits per heavy atom. The van der Waals surface area contributed by atoms with Gasteiger partial charge in [-0.2, -0.15) is 0 Å². The lowest BCUT2D eigenvalue weighted by molar-refractivity contribution is -0.121. The number of ether oxygens (including phenoxy) is 1. The van der Waals surface area contributed by atoms with Crippen LogP contribution in [-0.2, 0) is 22.6 Å². The molecule has 0 aliphatic carbocycles. The highest BCUT2D eigenvalue weighted by Crippen LogP contribution is 2.11. The number of hydrogen-bond acceptors (Lipinski definition) is 3. The van der Waals surface area contributed by atoms with Crippen molar-refractivity contribution in [3.63, 3.8) is 0 Å². The van der Waals surface area contributed by atoms with Crippen molar-refractivity contribution >= 4 is 11.9 Å². The van der Waals surface area contributed by atoms with Crippen molar-refractivity contribution in [3.8, 4) is 0 Å². The fourth-order valence-corrected chi connectivity index (χ4v) is 2.58. The van der Waals surface area contributed by atoms with E-state index in [0.717, 1.165) is 5.56 Å². The fourth-order valence-electron chi connectivity index (χ4n) is 2.58. The van der Waals surface area contributed by atoms with E-state index in [-0.39, 0.29) is 23.8 Å². The number of hydrogen-bond donors (Lipinski definition) is 2. The molecule has 2 aromatic rings. The number of aromatic carboxylic acids is 1. The van der Waals surface area contributed by atoms with Gasteiger partial charge in [-0.05, 0) is 29.5 Å². The van der Waals surface area contributed by atoms with Gasteiger partial charge in [0.1, 0.15) is 0 Å². The molecule has 0 fully saturated rings. The summed E-state index contributed by atoms with van der Waals surface area (Å²) in [6.45, 7) is 3.68. The van der Waals surface area contributed by atoms with E-state index in [1.54, 1.807) is 24.3 Å². The summed E-state index contributed by atoms with van der Waals surface area (Å²) in [6.07, 6.45) is 0.676. The quantitative estimate of drug-likeness (QED) is 0.686. The summed E-state index contributed by atoms with van der Waals surface area (Å²) in [7, 11) is 0. The number of carbonyl (C=O) groups is 2. The molecule has 1 atom stereocenters. The normalized spacial score (nSPS) is 11.7. The molecule has 0 aliphatic heterocycles. The van der Waals surface area contributed by atoms with Crippen molar-refractivity contribution in [2.45, 2.75) is 26.4 Å². The Kier molecular flexibility index (Phi) is 7.83. The molecule has 0 saturated carbocycles. The van der Waals surface area contributed by atoms with Crippen LogP contribution in [-0.4, -0.2) is 30.1 Å². The molecular formula is C21H25NO4. The van der Waals surface area contributed by atoms with Crippen LogP contribution >= 0.6 is 0 Å². The number of benzene rings is 2. The van der Waals surface area contributed by atoms with E-state index in [2.05, 4.69) is 5.32 Å². The van der Waals surface area contributed by atoms with E-state index in [0.29, 0.717) is 31.7 Å². The van der Waals surface area contributed by atoms with Gasteiger partial charge >= 0.3 is 5.97 Å². The van der Waals surface area contributed by atoms with Gasteiger partial charge in [-0.25, -0.2) is 4.79 Å². The number of carboxylic acid groups (broad SMARTS) is 1. The first-order valence-electron chi connectivity index (χ1n) is 8.76. The van der Waals surface area contributed by atoms with Crippen LogP contribution < -0.4 is 5.32 Å². The summed E-state index contributed by atoms with van der Waals surface area (Å²) in [5.41, 5.74) is 2.05. The number of aryl methyl sites for hydroxylation is 1. The van der Waals surface area contributed by atoms with Gasteiger partial charge in [0, 0.05) is 13.0 Å². The van der Waals surface area contributed by atoms with Crippen LogP contribution in [0.5, 0.6) is 0 Å². The molecule has 5 heteroatoms. The summed E-state index contributed by atoms with van der Waals surface area (Å²) in [5.74, 6) is -0.848. The summed E-state index contributed by atoms with van der Waals surface area (Å²) in [4.78, 5) is 23.2. The molecule has 0 aliphatic rings. The first-order valence-corrected chi connectivity index (χ1v) is 8.76. The van der Waals surface area contributed by atoms with Crippen molar-refractivity contribution < 1.29 is 19.4 Å². The lowest BCUT2D eigenvalue weighted by Gasteiger charge is -2.13. The number of carbonyl (C=O) groups excluding carboxylic acids is 1. The molecule has 0 bridgehead atoms. The van der Waals surface area contributed by atoms with Crippen LogP contribution in [0.25, 0.3) is 0 Å². The van der Waals surface area contributed by atoms with E-state index in [9.17, 15) is 9.59 Å². The molecule has 2 aromatic carbocycles. The maximum absolute atomic E-state index is 12.0. The first-order chi connectivity index (χ1) is 12.6. The Morgan fingerprint density at radius 2 is 1.77 bits per heavy atom. The molecule has 1 amide bonds. The first kappa shape index (κ1) is 19.7. The Labute approximate surface area is 154 Å². The molecule has 26 heavy (non-hydrogen) atoms. The van der Waals surface area contributed by atoms with Gasteiger partial charge in [0.15, 0.2) is 0 Å². The topological polar surface area (TPSA) is 75.6 Å². The monoisotopic (exact) mass is 355 g/mol. The van der Waals surface area contributed by atoms with E-state index in [1.165, 1.54) is 0 Å². The van der Waals surface area contributed by atoms with Crippen LogP contribution in [0.4, 0.5) is 0 Å². The zero-order valence-corrected chi connectivity index (χ0v) is 15.0. The van der Waals surface area contributed by atoms with E-state index in [1.807, 2.05) is 37.3 Å². The van der Waals surface area contributed by atoms with Crippen molar-refractivity contribution in [2.24, 2.45) is 5.92 Å². The Balaban J connectivity index is 1.66. The smallest absolute Gasteiger partial charge is 0.335 e. The average Bonchev–Trinajstić information content (AvgIpc) is 2.65. The Bertz CT molecular complexity index is 715. The standard InChI is InChI=1S/C21H25NO4/c1-16(14-26-15-17-7-3-2-4-8-17)13-22-20(23)12-11-18-9-5-6-10-19(18)21(24)25/h2-10,16H,11-15H2,1H3,(H,22,23)(H,24,25). The average molecular weight is 355 g/mol. The molecular weight excluding hydrogens is 330 g/mol. The third-order valence-corrected chi connectivity index (χ3v) is 4.03. The SMILES string of the molecule is CC(CNC(=O)CCc1ccccc1C(=O)O)COCc1ccccc1. The van der Waals surface area contributed by atoms with Crippen LogP contribution in [0.2, 0.25) is 0 Å². The minimum absolute atomic E-state index is 0.0832. The minimum atomic E-state index is -0.967. The molecule has 0 heterocycles. The Morgan fingerprint density at radius 1 is 1.08 bits per heavy atom. The second-order valence-corrected chi connectivity index (χ2v) is 6.37. The largest absolute Gasteiger partial charge is 0.478 e. The summed E-state index contributed by atoms with van der Waals surface area (Å²) in [6, 6.07) is 16.7. The second kappa shape index (κ2) is 10.4. The van der Waals surface area contributed by atoms with Gasteiger partial charge in [0.05, 0.1) is 18.8 Å². The fraction of sp³-hybridized carbons (Fsp3) is 0.333. The summed E-state index contributed by atoms with van der Waals surface area (Å²) >= 11 is 0. The molecule has 0 aromatic heterocycles. The van der Waals surface area contributed by atoms with Crippen LogP contribution in [0.1, 0.15) is 34.8 Å². The molecule has 2 rings (SSSR count). The third-order valence-electron chi connectivity index (χ3n) is 4.03. The lowest BCUT2D eigenvalue weighted by atomic mass is 10.0. The summed E-state index contributed by atoms with van der Waals surface area (Å²) in [5, 5.41) is 12.0. The molecule has 1 unspecified atom stereocenters. The van der Waals surface area contributed by atoms with E-state index < -0.39 is 5.97 Å². The predicted octanol–water partition coefficient (Wildman–Crippen LogP) is 3.29. The molecule has 2 N–H and O–H groups in total. The molecule has 0 spiro atoms.